The molecule has 2 aromatic carbocycles. The summed E-state index contributed by atoms with van der Waals surface area (Å²) < 4.78 is 27.3. The van der Waals surface area contributed by atoms with Gasteiger partial charge in [0, 0.05) is 4.90 Å². The summed E-state index contributed by atoms with van der Waals surface area (Å²) in [6, 6.07) is 14.5. The Morgan fingerprint density at radius 2 is 1.70 bits per heavy atom. The SMILES string of the molecule is C=CCN(c1ccc(CC)cc1)S(=O)(=O)c1ccc(SC)cc1. The zero-order valence-corrected chi connectivity index (χ0v) is 15.0. The van der Waals surface area contributed by atoms with Crippen molar-refractivity contribution in [2.24, 2.45) is 0 Å². The van der Waals surface area contributed by atoms with Gasteiger partial charge in [0.15, 0.2) is 0 Å². The number of hydrogen-bond acceptors (Lipinski definition) is 3. The average Bonchev–Trinajstić information content (AvgIpc) is 2.59. The molecule has 0 fully saturated rings. The molecule has 0 aliphatic rings. The van der Waals surface area contributed by atoms with Gasteiger partial charge in [-0.05, 0) is 54.6 Å². The van der Waals surface area contributed by atoms with Crippen molar-refractivity contribution in [3.8, 4) is 0 Å². The molecular formula is C18H21NO2S2. The number of sulfonamides is 1. The summed E-state index contributed by atoms with van der Waals surface area (Å²) in [5.74, 6) is 0. The molecule has 0 aliphatic carbocycles. The highest BCUT2D eigenvalue weighted by Gasteiger charge is 2.23. The Balaban J connectivity index is 2.42. The van der Waals surface area contributed by atoms with Crippen LogP contribution in [0.15, 0.2) is 71.0 Å². The van der Waals surface area contributed by atoms with E-state index in [2.05, 4.69) is 13.5 Å². The molecule has 0 aliphatic heterocycles. The van der Waals surface area contributed by atoms with Crippen LogP contribution in [0.25, 0.3) is 0 Å². The molecule has 0 heterocycles. The molecule has 0 N–H and O–H groups in total. The van der Waals surface area contributed by atoms with Crippen molar-refractivity contribution in [1.82, 2.24) is 0 Å². The molecule has 0 amide bonds. The van der Waals surface area contributed by atoms with E-state index in [4.69, 9.17) is 0 Å². The first kappa shape index (κ1) is 17.6. The summed E-state index contributed by atoms with van der Waals surface area (Å²) in [4.78, 5) is 1.32. The lowest BCUT2D eigenvalue weighted by atomic mass is 10.1. The molecule has 0 bridgehead atoms. The first-order valence-electron chi connectivity index (χ1n) is 7.39. The highest BCUT2D eigenvalue weighted by atomic mass is 32.2. The summed E-state index contributed by atoms with van der Waals surface area (Å²) in [5, 5.41) is 0. The number of hydrogen-bond donors (Lipinski definition) is 0. The number of thioether (sulfide) groups is 1. The van der Waals surface area contributed by atoms with Crippen molar-refractivity contribution in [2.75, 3.05) is 17.1 Å². The first-order chi connectivity index (χ1) is 11.0. The van der Waals surface area contributed by atoms with Crippen LogP contribution in [0, 0.1) is 0 Å². The maximum absolute atomic E-state index is 12.9. The minimum Gasteiger partial charge on any atom is -0.263 e. The molecule has 2 rings (SSSR count). The van der Waals surface area contributed by atoms with Gasteiger partial charge in [-0.1, -0.05) is 25.1 Å². The van der Waals surface area contributed by atoms with Crippen LogP contribution in [0.2, 0.25) is 0 Å². The molecule has 0 unspecified atom stereocenters. The molecule has 0 saturated heterocycles. The second-order valence-electron chi connectivity index (χ2n) is 5.02. The lowest BCUT2D eigenvalue weighted by molar-refractivity contribution is 0.593. The van der Waals surface area contributed by atoms with Gasteiger partial charge >= 0.3 is 0 Å². The summed E-state index contributed by atoms with van der Waals surface area (Å²) in [5.41, 5.74) is 1.82. The number of nitrogens with zero attached hydrogens (tertiary/aromatic N) is 1. The second kappa shape index (κ2) is 7.70. The topological polar surface area (TPSA) is 37.4 Å². The van der Waals surface area contributed by atoms with Crippen molar-refractivity contribution >= 4 is 27.5 Å². The molecule has 23 heavy (non-hydrogen) atoms. The predicted molar refractivity (Wildman–Crippen MR) is 98.8 cm³/mol. The zero-order valence-electron chi connectivity index (χ0n) is 13.4. The van der Waals surface area contributed by atoms with E-state index >= 15 is 0 Å². The summed E-state index contributed by atoms with van der Waals surface area (Å²) >= 11 is 1.58. The largest absolute Gasteiger partial charge is 0.264 e. The maximum Gasteiger partial charge on any atom is 0.264 e. The van der Waals surface area contributed by atoms with E-state index in [0.717, 1.165) is 11.3 Å². The first-order valence-corrected chi connectivity index (χ1v) is 10.1. The molecule has 2 aromatic rings. The van der Waals surface area contributed by atoms with Crippen molar-refractivity contribution in [3.05, 3.63) is 66.7 Å². The standard InChI is InChI=1S/C18H21NO2S2/c1-4-14-19(16-8-6-15(5-2)7-9-16)23(20,21)18-12-10-17(22-3)11-13-18/h4,6-13H,1,5,14H2,2-3H3. The fraction of sp³-hybridized carbons (Fsp3) is 0.222. The van der Waals surface area contributed by atoms with E-state index in [0.29, 0.717) is 5.69 Å². The van der Waals surface area contributed by atoms with Crippen LogP contribution >= 0.6 is 11.8 Å². The Hall–Kier alpha value is -1.72. The Kier molecular flexibility index (Phi) is 5.91. The van der Waals surface area contributed by atoms with E-state index in [9.17, 15) is 8.42 Å². The summed E-state index contributed by atoms with van der Waals surface area (Å²) in [6.45, 7) is 5.99. The van der Waals surface area contributed by atoms with Gasteiger partial charge in [-0.15, -0.1) is 18.3 Å². The van der Waals surface area contributed by atoms with Crippen molar-refractivity contribution in [3.63, 3.8) is 0 Å². The van der Waals surface area contributed by atoms with E-state index in [1.54, 1.807) is 30.0 Å². The van der Waals surface area contributed by atoms with Gasteiger partial charge in [0.05, 0.1) is 17.1 Å². The Morgan fingerprint density at radius 3 is 2.17 bits per heavy atom. The Bertz CT molecular complexity index is 751. The van der Waals surface area contributed by atoms with Gasteiger partial charge in [0.25, 0.3) is 10.0 Å². The highest BCUT2D eigenvalue weighted by molar-refractivity contribution is 7.98. The number of anilines is 1. The van der Waals surface area contributed by atoms with Crippen molar-refractivity contribution in [1.29, 1.82) is 0 Å². The fourth-order valence-corrected chi connectivity index (χ4v) is 4.08. The van der Waals surface area contributed by atoms with Gasteiger partial charge in [0.1, 0.15) is 0 Å². The molecule has 3 nitrogen and oxygen atoms in total. The molecular weight excluding hydrogens is 326 g/mol. The minimum absolute atomic E-state index is 0.234. The number of rotatable bonds is 7. The summed E-state index contributed by atoms with van der Waals surface area (Å²) in [7, 11) is -3.61. The lowest BCUT2D eigenvalue weighted by Gasteiger charge is -2.23. The predicted octanol–water partition coefficient (Wildman–Crippen LogP) is 4.35. The molecule has 0 saturated carbocycles. The Morgan fingerprint density at radius 1 is 1.09 bits per heavy atom. The minimum atomic E-state index is -3.61. The molecule has 5 heteroatoms. The number of aryl methyl sites for hydroxylation is 1. The molecule has 0 spiro atoms. The normalized spacial score (nSPS) is 11.2. The van der Waals surface area contributed by atoms with Crippen LogP contribution < -0.4 is 4.31 Å². The zero-order chi connectivity index (χ0) is 16.9. The van der Waals surface area contributed by atoms with Gasteiger partial charge < -0.3 is 0 Å². The smallest absolute Gasteiger partial charge is 0.263 e. The molecule has 0 aromatic heterocycles. The molecule has 0 radical (unpaired) electrons. The summed E-state index contributed by atoms with van der Waals surface area (Å²) in [6.07, 6.45) is 4.48. The van der Waals surface area contributed by atoms with Gasteiger partial charge in [-0.2, -0.15) is 0 Å². The van der Waals surface area contributed by atoms with Crippen LogP contribution in [0.4, 0.5) is 5.69 Å². The third-order valence-electron chi connectivity index (χ3n) is 3.57. The number of benzene rings is 2. The monoisotopic (exact) mass is 347 g/mol. The second-order valence-corrected chi connectivity index (χ2v) is 7.76. The quantitative estimate of drug-likeness (QED) is 0.552. The van der Waals surface area contributed by atoms with E-state index < -0.39 is 10.0 Å². The third kappa shape index (κ3) is 3.98. The van der Waals surface area contributed by atoms with Crippen molar-refractivity contribution in [2.45, 2.75) is 23.1 Å². The maximum atomic E-state index is 12.9. The molecule has 0 atom stereocenters. The van der Waals surface area contributed by atoms with Gasteiger partial charge in [0.2, 0.25) is 0 Å². The van der Waals surface area contributed by atoms with E-state index in [-0.39, 0.29) is 11.4 Å². The average molecular weight is 348 g/mol. The van der Waals surface area contributed by atoms with E-state index in [1.807, 2.05) is 42.7 Å². The fourth-order valence-electron chi connectivity index (χ4n) is 2.23. The van der Waals surface area contributed by atoms with Crippen molar-refractivity contribution < 1.29 is 8.42 Å². The van der Waals surface area contributed by atoms with Crippen LogP contribution in [0.1, 0.15) is 12.5 Å². The highest BCUT2D eigenvalue weighted by Crippen LogP contribution is 2.25. The molecule has 122 valence electrons. The van der Waals surface area contributed by atoms with Crippen LogP contribution in [-0.2, 0) is 16.4 Å². The third-order valence-corrected chi connectivity index (χ3v) is 6.13. The van der Waals surface area contributed by atoms with Gasteiger partial charge in [-0.25, -0.2) is 8.42 Å². The lowest BCUT2D eigenvalue weighted by Crippen LogP contribution is -2.31. The Labute approximate surface area is 143 Å². The van der Waals surface area contributed by atoms with Crippen LogP contribution in [0.5, 0.6) is 0 Å². The van der Waals surface area contributed by atoms with Crippen LogP contribution in [0.3, 0.4) is 0 Å². The van der Waals surface area contributed by atoms with Gasteiger partial charge in [-0.3, -0.25) is 4.31 Å². The van der Waals surface area contributed by atoms with E-state index in [1.165, 1.54) is 9.87 Å². The van der Waals surface area contributed by atoms with Crippen LogP contribution in [-0.4, -0.2) is 21.2 Å².